The highest BCUT2D eigenvalue weighted by molar-refractivity contribution is 5.56. The summed E-state index contributed by atoms with van der Waals surface area (Å²) in [4.78, 5) is 10.8. The second-order valence-electron chi connectivity index (χ2n) is 7.17. The number of rotatable bonds is 9. The second kappa shape index (κ2) is 10.9. The number of benzene rings is 1. The predicted molar refractivity (Wildman–Crippen MR) is 112 cm³/mol. The molecule has 0 aliphatic carbocycles. The van der Waals surface area contributed by atoms with E-state index >= 15 is 0 Å². The Morgan fingerprint density at radius 1 is 1.00 bits per heavy atom. The standard InChI is InChI=1S/C20H21N5O9/c26-10-15(28)19(31)18(30)14(27)9-16(29)24-22-20(21-23-24)12-4-1-11(2-5-12)3-6-13-7-8-17(34-13)25(32)33/h1-2,4-5,7-8,14-16,18-19,26-31H,9-10H2/t14-,15+,16?,18-,19+/m0/s1. The first-order chi connectivity index (χ1) is 16.2. The van der Waals surface area contributed by atoms with Gasteiger partial charge in [0.25, 0.3) is 0 Å². The van der Waals surface area contributed by atoms with Gasteiger partial charge in [0, 0.05) is 23.6 Å². The maximum absolute atomic E-state index is 10.6. The fraction of sp³-hybridized carbons (Fsp3) is 0.350. The molecule has 0 saturated carbocycles. The van der Waals surface area contributed by atoms with Crippen molar-refractivity contribution in [1.29, 1.82) is 0 Å². The highest BCUT2D eigenvalue weighted by Crippen LogP contribution is 2.18. The Hall–Kier alpha value is -3.71. The van der Waals surface area contributed by atoms with E-state index in [1.165, 1.54) is 12.1 Å². The lowest BCUT2D eigenvalue weighted by molar-refractivity contribution is -0.402. The fourth-order valence-electron chi connectivity index (χ4n) is 2.81. The van der Waals surface area contributed by atoms with Crippen LogP contribution in [0.15, 0.2) is 40.8 Å². The molecule has 2 aromatic heterocycles. The molecule has 0 aliphatic heterocycles. The van der Waals surface area contributed by atoms with Crippen LogP contribution in [0.25, 0.3) is 11.4 Å². The van der Waals surface area contributed by atoms with E-state index in [0.29, 0.717) is 11.1 Å². The Morgan fingerprint density at radius 3 is 2.29 bits per heavy atom. The highest BCUT2D eigenvalue weighted by atomic mass is 16.6. The zero-order valence-electron chi connectivity index (χ0n) is 17.4. The molecule has 14 heteroatoms. The highest BCUT2D eigenvalue weighted by Gasteiger charge is 2.32. The number of aliphatic hydroxyl groups excluding tert-OH is 6. The number of hydrogen-bond donors (Lipinski definition) is 6. The third-order valence-corrected chi connectivity index (χ3v) is 4.72. The Labute approximate surface area is 191 Å². The van der Waals surface area contributed by atoms with E-state index in [0.717, 1.165) is 4.80 Å². The smallest absolute Gasteiger partial charge is 0.394 e. The lowest BCUT2D eigenvalue weighted by Crippen LogP contribution is -2.46. The average Bonchev–Trinajstić information content (AvgIpc) is 3.52. The summed E-state index contributed by atoms with van der Waals surface area (Å²) in [6, 6.07) is 9.14. The lowest BCUT2D eigenvalue weighted by Gasteiger charge is -2.26. The number of nitrogens with zero attached hydrogens (tertiary/aromatic N) is 5. The van der Waals surface area contributed by atoms with E-state index < -0.39 is 54.5 Å². The zero-order valence-corrected chi connectivity index (χ0v) is 17.4. The molecule has 1 unspecified atom stereocenters. The minimum absolute atomic E-state index is 0.139. The van der Waals surface area contributed by atoms with Crippen molar-refractivity contribution in [2.24, 2.45) is 0 Å². The Balaban J connectivity index is 1.63. The van der Waals surface area contributed by atoms with Crippen molar-refractivity contribution in [3.05, 3.63) is 57.8 Å². The largest absolute Gasteiger partial charge is 0.434 e. The molecule has 3 rings (SSSR count). The summed E-state index contributed by atoms with van der Waals surface area (Å²) >= 11 is 0. The van der Waals surface area contributed by atoms with Gasteiger partial charge in [-0.1, -0.05) is 5.92 Å². The molecule has 2 heterocycles. The minimum atomic E-state index is -1.83. The molecule has 6 N–H and O–H groups in total. The summed E-state index contributed by atoms with van der Waals surface area (Å²) < 4.78 is 4.96. The van der Waals surface area contributed by atoms with E-state index in [1.807, 2.05) is 0 Å². The van der Waals surface area contributed by atoms with Crippen molar-refractivity contribution < 1.29 is 40.0 Å². The lowest BCUT2D eigenvalue weighted by atomic mass is 10.0. The summed E-state index contributed by atoms with van der Waals surface area (Å²) in [7, 11) is 0. The van der Waals surface area contributed by atoms with Crippen LogP contribution in [0, 0.1) is 22.0 Å². The first-order valence-electron chi connectivity index (χ1n) is 9.87. The van der Waals surface area contributed by atoms with E-state index in [9.17, 15) is 35.6 Å². The number of aromatic nitrogens is 4. The fourth-order valence-corrected chi connectivity index (χ4v) is 2.81. The summed E-state index contributed by atoms with van der Waals surface area (Å²) in [5.41, 5.74) is 1.11. The van der Waals surface area contributed by atoms with Crippen molar-refractivity contribution in [1.82, 2.24) is 20.2 Å². The van der Waals surface area contributed by atoms with Crippen LogP contribution < -0.4 is 0 Å². The molecule has 14 nitrogen and oxygen atoms in total. The third-order valence-electron chi connectivity index (χ3n) is 4.72. The first kappa shape index (κ1) is 24.9. The Morgan fingerprint density at radius 2 is 1.68 bits per heavy atom. The van der Waals surface area contributed by atoms with Gasteiger partial charge in [0.15, 0.2) is 12.0 Å². The Kier molecular flexibility index (Phi) is 8.02. The Bertz CT molecular complexity index is 1170. The van der Waals surface area contributed by atoms with Gasteiger partial charge in [0.05, 0.1) is 18.8 Å². The van der Waals surface area contributed by atoms with Crippen LogP contribution >= 0.6 is 0 Å². The topological polar surface area (TPSA) is 221 Å². The number of tetrazole rings is 1. The third kappa shape index (κ3) is 5.99. The van der Waals surface area contributed by atoms with E-state index in [2.05, 4.69) is 27.3 Å². The summed E-state index contributed by atoms with van der Waals surface area (Å²) in [6.45, 7) is -0.822. The van der Waals surface area contributed by atoms with Gasteiger partial charge in [-0.05, 0) is 35.4 Å². The number of aliphatic hydroxyl groups is 6. The number of furan rings is 1. The van der Waals surface area contributed by atoms with Gasteiger partial charge in [0.1, 0.15) is 23.2 Å². The van der Waals surface area contributed by atoms with Crippen LogP contribution in [0.2, 0.25) is 0 Å². The van der Waals surface area contributed by atoms with Crippen LogP contribution in [0.5, 0.6) is 0 Å². The van der Waals surface area contributed by atoms with Gasteiger partial charge in [-0.3, -0.25) is 10.1 Å². The van der Waals surface area contributed by atoms with Gasteiger partial charge in [-0.15, -0.1) is 15.0 Å². The molecular weight excluding hydrogens is 454 g/mol. The maximum Gasteiger partial charge on any atom is 0.434 e. The van der Waals surface area contributed by atoms with E-state index in [4.69, 9.17) is 9.52 Å². The molecule has 0 radical (unpaired) electrons. The van der Waals surface area contributed by atoms with Crippen LogP contribution in [0.1, 0.15) is 24.0 Å². The molecule has 0 aliphatic rings. The summed E-state index contributed by atoms with van der Waals surface area (Å²) in [6.07, 6.45) is -8.98. The quantitative estimate of drug-likeness (QED) is 0.119. The van der Waals surface area contributed by atoms with Gasteiger partial charge in [-0.25, -0.2) is 0 Å². The SMILES string of the molecule is O=[N+]([O-])c1ccc(C#Cc2ccc(-c3nnn(C(O)C[C@H](O)[C@H](O)[C@H](O)[C@H](O)CO)n3)cc2)o1. The van der Waals surface area contributed by atoms with Gasteiger partial charge < -0.3 is 35.1 Å². The normalized spacial score (nSPS) is 15.6. The molecule has 0 bridgehead atoms. The maximum atomic E-state index is 10.6. The predicted octanol–water partition coefficient (Wildman–Crippen LogP) is -1.44. The minimum Gasteiger partial charge on any atom is -0.394 e. The molecule has 1 aromatic carbocycles. The monoisotopic (exact) mass is 475 g/mol. The van der Waals surface area contributed by atoms with Crippen LogP contribution in [-0.2, 0) is 0 Å². The van der Waals surface area contributed by atoms with Gasteiger partial charge in [0.2, 0.25) is 5.82 Å². The average molecular weight is 475 g/mol. The molecule has 0 spiro atoms. The number of nitro groups is 1. The van der Waals surface area contributed by atoms with Crippen molar-refractivity contribution in [2.75, 3.05) is 6.61 Å². The van der Waals surface area contributed by atoms with Crippen LogP contribution in [-0.4, -0.2) is 86.8 Å². The summed E-state index contributed by atoms with van der Waals surface area (Å²) in [5.74, 6) is 5.34. The van der Waals surface area contributed by atoms with E-state index in [1.54, 1.807) is 24.3 Å². The summed E-state index contributed by atoms with van der Waals surface area (Å²) in [5, 5.41) is 80.0. The molecular formula is C20H21N5O9. The molecule has 180 valence electrons. The van der Waals surface area contributed by atoms with Crippen molar-refractivity contribution in [3.63, 3.8) is 0 Å². The van der Waals surface area contributed by atoms with Crippen LogP contribution in [0.4, 0.5) is 5.88 Å². The van der Waals surface area contributed by atoms with Crippen molar-refractivity contribution in [3.8, 4) is 23.2 Å². The molecule has 0 saturated heterocycles. The van der Waals surface area contributed by atoms with Gasteiger partial charge >= 0.3 is 5.88 Å². The molecule has 34 heavy (non-hydrogen) atoms. The zero-order chi connectivity index (χ0) is 24.8. The number of hydrogen-bond acceptors (Lipinski definition) is 12. The molecule has 0 amide bonds. The molecule has 5 atom stereocenters. The molecule has 0 fully saturated rings. The van der Waals surface area contributed by atoms with Gasteiger partial charge in [-0.2, -0.15) is 0 Å². The second-order valence-corrected chi connectivity index (χ2v) is 7.17. The first-order valence-corrected chi connectivity index (χ1v) is 9.87. The van der Waals surface area contributed by atoms with Crippen LogP contribution in [0.3, 0.4) is 0 Å². The van der Waals surface area contributed by atoms with Crippen molar-refractivity contribution in [2.45, 2.75) is 37.1 Å². The van der Waals surface area contributed by atoms with Crippen molar-refractivity contribution >= 4 is 5.88 Å². The van der Waals surface area contributed by atoms with E-state index in [-0.39, 0.29) is 11.6 Å². The molecule has 3 aromatic rings.